The molecule has 0 bridgehead atoms. The minimum atomic E-state index is -0.841. The number of hydrogen-bond donors (Lipinski definition) is 1. The van der Waals surface area contributed by atoms with Crippen LogP contribution in [0.3, 0.4) is 0 Å². The Morgan fingerprint density at radius 3 is 2.18 bits per heavy atom. The fourth-order valence-electron chi connectivity index (χ4n) is 2.55. The topological polar surface area (TPSA) is 64.6 Å². The van der Waals surface area contributed by atoms with Gasteiger partial charge in [0, 0.05) is 11.6 Å². The van der Waals surface area contributed by atoms with Crippen LogP contribution in [0.4, 0.5) is 5.69 Å². The van der Waals surface area contributed by atoms with Crippen LogP contribution in [0.2, 0.25) is 0 Å². The zero-order valence-corrected chi connectivity index (χ0v) is 12.3. The van der Waals surface area contributed by atoms with Crippen molar-refractivity contribution in [1.82, 2.24) is 0 Å². The fraction of sp³-hybridized carbons (Fsp3) is 0.176. The second-order valence-corrected chi connectivity index (χ2v) is 4.97. The molecule has 112 valence electrons. The third kappa shape index (κ3) is 2.30. The predicted octanol–water partition coefficient (Wildman–Crippen LogP) is 2.62. The maximum absolute atomic E-state index is 12.6. The summed E-state index contributed by atoms with van der Waals surface area (Å²) < 4.78 is 10.2. The molecule has 0 radical (unpaired) electrons. The number of rotatable bonds is 3. The molecule has 2 aromatic carbocycles. The molecule has 0 spiro atoms. The Labute approximate surface area is 127 Å². The summed E-state index contributed by atoms with van der Waals surface area (Å²) in [6.45, 7) is 0. The molecule has 1 aliphatic rings. The highest BCUT2D eigenvalue weighted by Gasteiger charge is 2.35. The van der Waals surface area contributed by atoms with Gasteiger partial charge in [0.2, 0.25) is 5.91 Å². The van der Waals surface area contributed by atoms with E-state index in [-0.39, 0.29) is 11.7 Å². The van der Waals surface area contributed by atoms with Crippen molar-refractivity contribution >= 4 is 17.4 Å². The number of carbonyl (C=O) groups excluding carboxylic acids is 2. The van der Waals surface area contributed by atoms with Crippen LogP contribution in [0.25, 0.3) is 0 Å². The number of benzene rings is 2. The van der Waals surface area contributed by atoms with Crippen LogP contribution < -0.4 is 14.8 Å². The van der Waals surface area contributed by atoms with Gasteiger partial charge in [-0.05, 0) is 29.8 Å². The number of methoxy groups -OCH3 is 2. The van der Waals surface area contributed by atoms with Gasteiger partial charge in [0.05, 0.1) is 19.9 Å². The molecule has 5 nitrogen and oxygen atoms in total. The molecule has 0 fully saturated rings. The Bertz CT molecular complexity index is 737. The molecule has 0 aromatic heterocycles. The smallest absolute Gasteiger partial charge is 0.239 e. The standard InChI is InChI=1S/C17H15NO4/c1-21-11-5-3-10(4-6-11)15-16(19)13-8-7-12(22-2)9-14(13)18-17(15)20/h3-9,15H,1-2H3,(H,18,20)/t15-/m0/s1. The van der Waals surface area contributed by atoms with Crippen molar-refractivity contribution in [2.24, 2.45) is 0 Å². The van der Waals surface area contributed by atoms with E-state index in [4.69, 9.17) is 9.47 Å². The van der Waals surface area contributed by atoms with E-state index < -0.39 is 5.92 Å². The summed E-state index contributed by atoms with van der Waals surface area (Å²) in [5.74, 6) is -0.124. The quantitative estimate of drug-likeness (QED) is 0.885. The van der Waals surface area contributed by atoms with Crippen molar-refractivity contribution in [3.8, 4) is 11.5 Å². The molecule has 22 heavy (non-hydrogen) atoms. The number of ether oxygens (including phenoxy) is 2. The van der Waals surface area contributed by atoms with E-state index in [0.29, 0.717) is 28.3 Å². The SMILES string of the molecule is COc1ccc([C@@H]2C(=O)Nc3cc(OC)ccc3C2=O)cc1. The Morgan fingerprint density at radius 2 is 1.55 bits per heavy atom. The van der Waals surface area contributed by atoms with Gasteiger partial charge < -0.3 is 14.8 Å². The molecule has 3 rings (SSSR count). The van der Waals surface area contributed by atoms with Crippen LogP contribution in [0.1, 0.15) is 21.8 Å². The number of carbonyl (C=O) groups is 2. The average Bonchev–Trinajstić information content (AvgIpc) is 2.55. The minimum Gasteiger partial charge on any atom is -0.497 e. The van der Waals surface area contributed by atoms with Gasteiger partial charge in [0.15, 0.2) is 5.78 Å². The highest BCUT2D eigenvalue weighted by Crippen LogP contribution is 2.34. The van der Waals surface area contributed by atoms with Gasteiger partial charge >= 0.3 is 0 Å². The van der Waals surface area contributed by atoms with E-state index in [9.17, 15) is 9.59 Å². The lowest BCUT2D eigenvalue weighted by atomic mass is 9.86. The first kappa shape index (κ1) is 14.1. The summed E-state index contributed by atoms with van der Waals surface area (Å²) in [5, 5.41) is 2.77. The second-order valence-electron chi connectivity index (χ2n) is 4.97. The van der Waals surface area contributed by atoms with Crippen molar-refractivity contribution in [1.29, 1.82) is 0 Å². The van der Waals surface area contributed by atoms with E-state index in [1.807, 2.05) is 0 Å². The van der Waals surface area contributed by atoms with Crippen molar-refractivity contribution < 1.29 is 19.1 Å². The van der Waals surface area contributed by atoms with Gasteiger partial charge in [-0.3, -0.25) is 9.59 Å². The van der Waals surface area contributed by atoms with Gasteiger partial charge in [0.1, 0.15) is 17.4 Å². The predicted molar refractivity (Wildman–Crippen MR) is 81.7 cm³/mol. The summed E-state index contributed by atoms with van der Waals surface area (Å²) >= 11 is 0. The number of nitrogens with one attached hydrogen (secondary N) is 1. The largest absolute Gasteiger partial charge is 0.497 e. The number of ketones is 1. The number of fused-ring (bicyclic) bond motifs is 1. The molecular weight excluding hydrogens is 282 g/mol. The highest BCUT2D eigenvalue weighted by atomic mass is 16.5. The van der Waals surface area contributed by atoms with Crippen molar-refractivity contribution in [2.75, 3.05) is 19.5 Å². The lowest BCUT2D eigenvalue weighted by molar-refractivity contribution is -0.116. The molecule has 0 unspecified atom stereocenters. The Balaban J connectivity index is 1.99. The molecule has 1 amide bonds. The molecule has 0 saturated heterocycles. The molecule has 1 heterocycles. The number of hydrogen-bond acceptors (Lipinski definition) is 4. The zero-order valence-electron chi connectivity index (χ0n) is 12.3. The van der Waals surface area contributed by atoms with Crippen molar-refractivity contribution in [3.63, 3.8) is 0 Å². The monoisotopic (exact) mass is 297 g/mol. The highest BCUT2D eigenvalue weighted by molar-refractivity contribution is 6.24. The summed E-state index contributed by atoms with van der Waals surface area (Å²) in [6, 6.07) is 12.0. The molecule has 0 aliphatic carbocycles. The first-order valence-electron chi connectivity index (χ1n) is 6.81. The maximum Gasteiger partial charge on any atom is 0.239 e. The fourth-order valence-corrected chi connectivity index (χ4v) is 2.55. The lowest BCUT2D eigenvalue weighted by Crippen LogP contribution is -2.33. The maximum atomic E-state index is 12.6. The lowest BCUT2D eigenvalue weighted by Gasteiger charge is -2.24. The Kier molecular flexibility index (Phi) is 3.55. The third-order valence-electron chi connectivity index (χ3n) is 3.72. The van der Waals surface area contributed by atoms with Gasteiger partial charge in [-0.15, -0.1) is 0 Å². The normalized spacial score (nSPS) is 16.7. The number of anilines is 1. The van der Waals surface area contributed by atoms with Crippen molar-refractivity contribution in [3.05, 3.63) is 53.6 Å². The first-order chi connectivity index (χ1) is 10.6. The van der Waals surface area contributed by atoms with Gasteiger partial charge in [-0.2, -0.15) is 0 Å². The minimum absolute atomic E-state index is 0.216. The Morgan fingerprint density at radius 1 is 0.909 bits per heavy atom. The van der Waals surface area contributed by atoms with Gasteiger partial charge in [-0.1, -0.05) is 12.1 Å². The van der Waals surface area contributed by atoms with Crippen molar-refractivity contribution in [2.45, 2.75) is 5.92 Å². The summed E-state index contributed by atoms with van der Waals surface area (Å²) in [6.07, 6.45) is 0. The van der Waals surface area contributed by atoms with E-state index >= 15 is 0 Å². The molecule has 2 aromatic rings. The average molecular weight is 297 g/mol. The summed E-state index contributed by atoms with van der Waals surface area (Å²) in [5.41, 5.74) is 1.62. The van der Waals surface area contributed by atoms with Crippen LogP contribution in [0, 0.1) is 0 Å². The number of amides is 1. The van der Waals surface area contributed by atoms with Crippen LogP contribution in [-0.2, 0) is 4.79 Å². The molecule has 0 saturated carbocycles. The van der Waals surface area contributed by atoms with Crippen LogP contribution in [0.5, 0.6) is 11.5 Å². The molecule has 5 heteroatoms. The van der Waals surface area contributed by atoms with E-state index in [1.54, 1.807) is 49.6 Å². The van der Waals surface area contributed by atoms with E-state index in [2.05, 4.69) is 5.32 Å². The molecule has 1 N–H and O–H groups in total. The zero-order chi connectivity index (χ0) is 15.7. The van der Waals surface area contributed by atoms with Crippen LogP contribution in [0.15, 0.2) is 42.5 Å². The van der Waals surface area contributed by atoms with E-state index in [0.717, 1.165) is 0 Å². The summed E-state index contributed by atoms with van der Waals surface area (Å²) in [4.78, 5) is 25.0. The van der Waals surface area contributed by atoms with Gasteiger partial charge in [-0.25, -0.2) is 0 Å². The second kappa shape index (κ2) is 5.52. The molecule has 1 atom stereocenters. The Hall–Kier alpha value is -2.82. The molecule has 1 aliphatic heterocycles. The third-order valence-corrected chi connectivity index (χ3v) is 3.72. The van der Waals surface area contributed by atoms with Crippen LogP contribution in [-0.4, -0.2) is 25.9 Å². The number of Topliss-reactive ketones (excluding diaryl/α,β-unsaturated/α-hetero) is 1. The molecular formula is C17H15NO4. The summed E-state index contributed by atoms with van der Waals surface area (Å²) in [7, 11) is 3.10. The first-order valence-corrected chi connectivity index (χ1v) is 6.81. The van der Waals surface area contributed by atoms with E-state index in [1.165, 1.54) is 7.11 Å². The van der Waals surface area contributed by atoms with Crippen LogP contribution >= 0.6 is 0 Å². The van der Waals surface area contributed by atoms with Gasteiger partial charge in [0.25, 0.3) is 0 Å².